The molecule has 3 unspecified atom stereocenters. The molecule has 0 spiro atoms. The van der Waals surface area contributed by atoms with Gasteiger partial charge >= 0.3 is 5.97 Å². The Labute approximate surface area is 129 Å². The molecule has 21 heavy (non-hydrogen) atoms. The Morgan fingerprint density at radius 3 is 2.43 bits per heavy atom. The molecule has 3 nitrogen and oxygen atoms in total. The van der Waals surface area contributed by atoms with E-state index in [0.29, 0.717) is 0 Å². The van der Waals surface area contributed by atoms with E-state index in [-0.39, 0.29) is 24.0 Å². The van der Waals surface area contributed by atoms with Gasteiger partial charge in [0.15, 0.2) is 0 Å². The standard InChI is InChI=1S/C18H29NO2/c1-5-7-13-16(15-11-9-8-10-12-15)19-17(14(3)6-2)18(20)21-4/h8-12,14,16-17,19H,5-7,13H2,1-4H3. The van der Waals surface area contributed by atoms with Crippen molar-refractivity contribution in [1.29, 1.82) is 0 Å². The predicted molar refractivity (Wildman–Crippen MR) is 87.1 cm³/mol. The van der Waals surface area contributed by atoms with E-state index in [2.05, 4.69) is 38.2 Å². The number of methoxy groups -OCH3 is 1. The normalized spacial score (nSPS) is 15.2. The molecule has 0 amide bonds. The molecule has 1 N–H and O–H groups in total. The number of nitrogens with one attached hydrogen (secondary N) is 1. The van der Waals surface area contributed by atoms with Crippen LogP contribution in [0.3, 0.4) is 0 Å². The summed E-state index contributed by atoms with van der Waals surface area (Å²) >= 11 is 0. The van der Waals surface area contributed by atoms with Crippen molar-refractivity contribution in [3.63, 3.8) is 0 Å². The highest BCUT2D eigenvalue weighted by molar-refractivity contribution is 5.76. The number of esters is 1. The van der Waals surface area contributed by atoms with Gasteiger partial charge in [-0.05, 0) is 17.9 Å². The van der Waals surface area contributed by atoms with Gasteiger partial charge in [-0.3, -0.25) is 10.1 Å². The van der Waals surface area contributed by atoms with Crippen LogP contribution in [0, 0.1) is 5.92 Å². The molecule has 1 aromatic carbocycles. The second-order valence-electron chi connectivity index (χ2n) is 5.66. The topological polar surface area (TPSA) is 38.3 Å². The van der Waals surface area contributed by atoms with Gasteiger partial charge in [0.2, 0.25) is 0 Å². The van der Waals surface area contributed by atoms with Gasteiger partial charge < -0.3 is 4.74 Å². The number of hydrogen-bond acceptors (Lipinski definition) is 3. The van der Waals surface area contributed by atoms with Gasteiger partial charge in [0.05, 0.1) is 7.11 Å². The maximum atomic E-state index is 12.1. The minimum atomic E-state index is -0.248. The molecule has 0 fully saturated rings. The minimum absolute atomic E-state index is 0.165. The number of ether oxygens (including phenoxy) is 1. The molecule has 0 bridgehead atoms. The first kappa shape index (κ1) is 17.7. The van der Waals surface area contributed by atoms with E-state index in [9.17, 15) is 4.79 Å². The minimum Gasteiger partial charge on any atom is -0.468 e. The zero-order chi connectivity index (χ0) is 15.7. The highest BCUT2D eigenvalue weighted by Gasteiger charge is 2.27. The van der Waals surface area contributed by atoms with Gasteiger partial charge in [-0.15, -0.1) is 0 Å². The number of carbonyl (C=O) groups excluding carboxylic acids is 1. The maximum Gasteiger partial charge on any atom is 0.323 e. The van der Waals surface area contributed by atoms with Gasteiger partial charge in [-0.2, -0.15) is 0 Å². The summed E-state index contributed by atoms with van der Waals surface area (Å²) in [4.78, 5) is 12.1. The summed E-state index contributed by atoms with van der Waals surface area (Å²) in [6.07, 6.45) is 4.27. The fourth-order valence-electron chi connectivity index (χ4n) is 2.48. The number of hydrogen-bond donors (Lipinski definition) is 1. The molecule has 3 atom stereocenters. The summed E-state index contributed by atoms with van der Waals surface area (Å²) in [7, 11) is 1.46. The van der Waals surface area contributed by atoms with E-state index < -0.39 is 0 Å². The van der Waals surface area contributed by atoms with Crippen LogP contribution in [0.25, 0.3) is 0 Å². The van der Waals surface area contributed by atoms with Crippen LogP contribution in [-0.4, -0.2) is 19.1 Å². The van der Waals surface area contributed by atoms with Crippen molar-refractivity contribution in [1.82, 2.24) is 5.32 Å². The van der Waals surface area contributed by atoms with Gasteiger partial charge in [0.25, 0.3) is 0 Å². The fourth-order valence-corrected chi connectivity index (χ4v) is 2.48. The molecule has 118 valence electrons. The quantitative estimate of drug-likeness (QED) is 0.696. The highest BCUT2D eigenvalue weighted by Crippen LogP contribution is 2.22. The number of carbonyl (C=O) groups is 1. The lowest BCUT2D eigenvalue weighted by molar-refractivity contribution is -0.144. The lowest BCUT2D eigenvalue weighted by Gasteiger charge is -2.28. The first-order valence-electron chi connectivity index (χ1n) is 8.02. The molecule has 1 rings (SSSR count). The van der Waals surface area contributed by atoms with E-state index in [0.717, 1.165) is 25.7 Å². The van der Waals surface area contributed by atoms with Gasteiger partial charge in [-0.25, -0.2) is 0 Å². The van der Waals surface area contributed by atoms with Crippen LogP contribution in [-0.2, 0) is 9.53 Å². The van der Waals surface area contributed by atoms with Gasteiger partial charge in [-0.1, -0.05) is 70.4 Å². The van der Waals surface area contributed by atoms with Crippen molar-refractivity contribution in [3.8, 4) is 0 Å². The SMILES string of the molecule is CCCCC(NC(C(=O)OC)C(C)CC)c1ccccc1. The van der Waals surface area contributed by atoms with Gasteiger partial charge in [0.1, 0.15) is 6.04 Å². The van der Waals surface area contributed by atoms with Crippen molar-refractivity contribution in [3.05, 3.63) is 35.9 Å². The zero-order valence-electron chi connectivity index (χ0n) is 13.8. The van der Waals surface area contributed by atoms with Crippen molar-refractivity contribution in [2.75, 3.05) is 7.11 Å². The smallest absolute Gasteiger partial charge is 0.323 e. The van der Waals surface area contributed by atoms with Crippen LogP contribution >= 0.6 is 0 Å². The van der Waals surface area contributed by atoms with Crippen LogP contribution in [0.4, 0.5) is 0 Å². The number of rotatable bonds is 9. The van der Waals surface area contributed by atoms with Crippen molar-refractivity contribution < 1.29 is 9.53 Å². The Bertz CT molecular complexity index is 405. The molecule has 0 heterocycles. The molecular weight excluding hydrogens is 262 g/mol. The third kappa shape index (κ3) is 5.50. The summed E-state index contributed by atoms with van der Waals surface area (Å²) in [6, 6.07) is 10.3. The summed E-state index contributed by atoms with van der Waals surface area (Å²) in [6.45, 7) is 6.39. The Balaban J connectivity index is 2.89. The summed E-state index contributed by atoms with van der Waals surface area (Å²) in [5.41, 5.74) is 1.24. The van der Waals surface area contributed by atoms with Crippen LogP contribution in [0.15, 0.2) is 30.3 Å². The van der Waals surface area contributed by atoms with E-state index >= 15 is 0 Å². The Hall–Kier alpha value is -1.35. The molecule has 0 saturated carbocycles. The average molecular weight is 291 g/mol. The second kappa shape index (κ2) is 9.56. The molecule has 0 aliphatic rings. The Morgan fingerprint density at radius 2 is 1.90 bits per heavy atom. The molecule has 0 radical (unpaired) electrons. The Kier molecular flexibility index (Phi) is 8.06. The third-order valence-electron chi connectivity index (χ3n) is 4.10. The van der Waals surface area contributed by atoms with Crippen molar-refractivity contribution in [2.45, 2.75) is 58.5 Å². The van der Waals surface area contributed by atoms with Crippen LogP contribution in [0.5, 0.6) is 0 Å². The zero-order valence-corrected chi connectivity index (χ0v) is 13.8. The molecule has 0 aliphatic heterocycles. The monoisotopic (exact) mass is 291 g/mol. The number of benzene rings is 1. The summed E-state index contributed by atoms with van der Waals surface area (Å²) in [5, 5.41) is 3.53. The van der Waals surface area contributed by atoms with Crippen LogP contribution < -0.4 is 5.32 Å². The summed E-state index contributed by atoms with van der Waals surface area (Å²) in [5.74, 6) is 0.0899. The fraction of sp³-hybridized carbons (Fsp3) is 0.611. The second-order valence-corrected chi connectivity index (χ2v) is 5.66. The van der Waals surface area contributed by atoms with Crippen molar-refractivity contribution >= 4 is 5.97 Å². The third-order valence-corrected chi connectivity index (χ3v) is 4.10. The van der Waals surface area contributed by atoms with E-state index in [1.165, 1.54) is 12.7 Å². The highest BCUT2D eigenvalue weighted by atomic mass is 16.5. The van der Waals surface area contributed by atoms with Crippen LogP contribution in [0.2, 0.25) is 0 Å². The average Bonchev–Trinajstić information content (AvgIpc) is 2.54. The molecule has 0 saturated heterocycles. The predicted octanol–water partition coefficient (Wildman–Crippen LogP) is 4.10. The Morgan fingerprint density at radius 1 is 1.24 bits per heavy atom. The molecule has 3 heteroatoms. The first-order valence-corrected chi connectivity index (χ1v) is 8.02. The van der Waals surface area contributed by atoms with Crippen molar-refractivity contribution in [2.24, 2.45) is 5.92 Å². The van der Waals surface area contributed by atoms with Crippen LogP contribution in [0.1, 0.15) is 58.1 Å². The lowest BCUT2D eigenvalue weighted by atomic mass is 9.95. The lowest BCUT2D eigenvalue weighted by Crippen LogP contribution is -2.44. The van der Waals surface area contributed by atoms with E-state index in [4.69, 9.17) is 4.74 Å². The molecule has 0 aliphatic carbocycles. The molecule has 1 aromatic rings. The van der Waals surface area contributed by atoms with Gasteiger partial charge in [0, 0.05) is 6.04 Å². The van der Waals surface area contributed by atoms with E-state index in [1.807, 2.05) is 18.2 Å². The summed E-state index contributed by atoms with van der Waals surface area (Å²) < 4.78 is 4.98. The number of unbranched alkanes of at least 4 members (excludes halogenated alkanes) is 1. The first-order chi connectivity index (χ1) is 10.1. The van der Waals surface area contributed by atoms with E-state index in [1.54, 1.807) is 0 Å². The maximum absolute atomic E-state index is 12.1. The largest absolute Gasteiger partial charge is 0.468 e. The molecular formula is C18H29NO2. The molecule has 0 aromatic heterocycles.